The fourth-order valence-corrected chi connectivity index (χ4v) is 1.24. The molecule has 0 aliphatic rings. The summed E-state index contributed by atoms with van der Waals surface area (Å²) < 4.78 is 0. The lowest BCUT2D eigenvalue weighted by molar-refractivity contribution is 0.520. The minimum Gasteiger partial charge on any atom is -0.330 e. The van der Waals surface area contributed by atoms with Crippen molar-refractivity contribution in [1.29, 1.82) is 0 Å². The van der Waals surface area contributed by atoms with Crippen molar-refractivity contribution >= 4 is 0 Å². The first kappa shape index (κ1) is 10.9. The van der Waals surface area contributed by atoms with Gasteiger partial charge in [-0.2, -0.15) is 0 Å². The normalized spacial score (nSPS) is 13.4. The lowest BCUT2D eigenvalue weighted by Gasteiger charge is -2.08. The van der Waals surface area contributed by atoms with E-state index in [0.29, 0.717) is 6.04 Å². The zero-order valence-electron chi connectivity index (χ0n) is 7.68. The maximum atomic E-state index is 5.84. The van der Waals surface area contributed by atoms with Gasteiger partial charge in [-0.25, -0.2) is 0 Å². The van der Waals surface area contributed by atoms with Crippen LogP contribution in [0.15, 0.2) is 0 Å². The van der Waals surface area contributed by atoms with Gasteiger partial charge < -0.3 is 11.5 Å². The van der Waals surface area contributed by atoms with E-state index in [-0.39, 0.29) is 0 Å². The number of unbranched alkanes of at least 4 members (excludes halogenated alkanes) is 2. The summed E-state index contributed by atoms with van der Waals surface area (Å²) in [6.45, 7) is 3.00. The van der Waals surface area contributed by atoms with Crippen molar-refractivity contribution in [2.24, 2.45) is 11.5 Å². The molecule has 4 N–H and O–H groups in total. The Labute approximate surface area is 70.3 Å². The third-order valence-corrected chi connectivity index (χ3v) is 1.94. The molecular formula is C9H22N2. The van der Waals surface area contributed by atoms with Gasteiger partial charge in [0.2, 0.25) is 0 Å². The number of hydrogen-bond donors (Lipinski definition) is 2. The molecule has 2 heteroatoms. The van der Waals surface area contributed by atoms with Crippen molar-refractivity contribution in [1.82, 2.24) is 0 Å². The molecule has 0 saturated carbocycles. The molecule has 11 heavy (non-hydrogen) atoms. The first-order valence-corrected chi connectivity index (χ1v) is 4.77. The van der Waals surface area contributed by atoms with E-state index in [1.807, 2.05) is 0 Å². The average Bonchev–Trinajstić information content (AvgIpc) is 1.99. The summed E-state index contributed by atoms with van der Waals surface area (Å²) in [6, 6.07) is 0.428. The molecule has 0 aromatic carbocycles. The van der Waals surface area contributed by atoms with Crippen LogP contribution in [0.5, 0.6) is 0 Å². The molecule has 0 saturated heterocycles. The van der Waals surface area contributed by atoms with E-state index in [4.69, 9.17) is 11.5 Å². The quantitative estimate of drug-likeness (QED) is 0.553. The molecule has 2 nitrogen and oxygen atoms in total. The highest BCUT2D eigenvalue weighted by Gasteiger charge is 1.99. The molecule has 0 amide bonds. The summed E-state index contributed by atoms with van der Waals surface area (Å²) in [7, 11) is 0. The van der Waals surface area contributed by atoms with Gasteiger partial charge in [0.1, 0.15) is 0 Å². The molecule has 0 heterocycles. The van der Waals surface area contributed by atoms with Gasteiger partial charge in [0.15, 0.2) is 0 Å². The molecule has 0 fully saturated rings. The van der Waals surface area contributed by atoms with E-state index in [1.165, 1.54) is 32.1 Å². The van der Waals surface area contributed by atoms with E-state index in [2.05, 4.69) is 6.92 Å². The van der Waals surface area contributed by atoms with Gasteiger partial charge in [-0.15, -0.1) is 0 Å². The van der Waals surface area contributed by atoms with Crippen LogP contribution in [0.25, 0.3) is 0 Å². The topological polar surface area (TPSA) is 52.0 Å². The third-order valence-electron chi connectivity index (χ3n) is 1.94. The predicted octanol–water partition coefficient (Wildman–Crippen LogP) is 1.63. The van der Waals surface area contributed by atoms with Gasteiger partial charge in [0.25, 0.3) is 0 Å². The van der Waals surface area contributed by atoms with Crippen molar-refractivity contribution < 1.29 is 0 Å². The Hall–Kier alpha value is -0.0800. The third kappa shape index (κ3) is 7.82. The second-order valence-corrected chi connectivity index (χ2v) is 3.19. The molecule has 0 aliphatic heterocycles. The van der Waals surface area contributed by atoms with Gasteiger partial charge in [-0.1, -0.05) is 26.2 Å². The van der Waals surface area contributed by atoms with E-state index < -0.39 is 0 Å². The first-order chi connectivity index (χ1) is 5.31. The van der Waals surface area contributed by atoms with Crippen LogP contribution in [-0.2, 0) is 0 Å². The lowest BCUT2D eigenvalue weighted by atomic mass is 10.1. The van der Waals surface area contributed by atoms with Crippen LogP contribution in [0.1, 0.15) is 45.4 Å². The van der Waals surface area contributed by atoms with Gasteiger partial charge in [-0.05, 0) is 25.8 Å². The SMILES string of the molecule is CCCC(N)CCCCCN. The second-order valence-electron chi connectivity index (χ2n) is 3.19. The smallest absolute Gasteiger partial charge is 0.00387 e. The van der Waals surface area contributed by atoms with E-state index in [9.17, 15) is 0 Å². The van der Waals surface area contributed by atoms with Crippen molar-refractivity contribution in [3.05, 3.63) is 0 Å². The highest BCUT2D eigenvalue weighted by atomic mass is 14.6. The Morgan fingerprint density at radius 2 is 1.82 bits per heavy atom. The fourth-order valence-electron chi connectivity index (χ4n) is 1.24. The van der Waals surface area contributed by atoms with Crippen molar-refractivity contribution in [3.63, 3.8) is 0 Å². The molecule has 0 radical (unpaired) electrons. The summed E-state index contributed by atoms with van der Waals surface area (Å²) >= 11 is 0. The zero-order chi connectivity index (χ0) is 8.53. The molecule has 0 bridgehead atoms. The lowest BCUT2D eigenvalue weighted by Crippen LogP contribution is -2.19. The minimum absolute atomic E-state index is 0.428. The van der Waals surface area contributed by atoms with E-state index >= 15 is 0 Å². The van der Waals surface area contributed by atoms with Crippen LogP contribution in [0.4, 0.5) is 0 Å². The molecule has 68 valence electrons. The molecule has 0 spiro atoms. The second kappa shape index (κ2) is 8.02. The number of nitrogens with two attached hydrogens (primary N) is 2. The van der Waals surface area contributed by atoms with Crippen molar-refractivity contribution in [2.75, 3.05) is 6.54 Å². The summed E-state index contributed by atoms with van der Waals surface area (Å²) in [4.78, 5) is 0. The predicted molar refractivity (Wildman–Crippen MR) is 50.4 cm³/mol. The standard InChI is InChI=1S/C9H22N2/c1-2-6-9(11)7-4-3-5-8-10/h9H,2-8,10-11H2,1H3. The maximum absolute atomic E-state index is 5.84. The van der Waals surface area contributed by atoms with Crippen molar-refractivity contribution in [3.8, 4) is 0 Å². The Morgan fingerprint density at radius 1 is 1.09 bits per heavy atom. The monoisotopic (exact) mass is 158 g/mol. The molecule has 0 rings (SSSR count). The van der Waals surface area contributed by atoms with Gasteiger partial charge in [0.05, 0.1) is 0 Å². The van der Waals surface area contributed by atoms with Crippen LogP contribution in [-0.4, -0.2) is 12.6 Å². The molecule has 1 atom stereocenters. The average molecular weight is 158 g/mol. The first-order valence-electron chi connectivity index (χ1n) is 4.77. The summed E-state index contributed by atoms with van der Waals surface area (Å²) in [5, 5.41) is 0. The van der Waals surface area contributed by atoms with Crippen LogP contribution in [0, 0.1) is 0 Å². The molecule has 0 aromatic heterocycles. The van der Waals surface area contributed by atoms with E-state index in [0.717, 1.165) is 13.0 Å². The largest absolute Gasteiger partial charge is 0.330 e. The highest BCUT2D eigenvalue weighted by molar-refractivity contribution is 4.59. The van der Waals surface area contributed by atoms with Gasteiger partial charge in [0, 0.05) is 6.04 Å². The molecule has 0 aromatic rings. The van der Waals surface area contributed by atoms with E-state index in [1.54, 1.807) is 0 Å². The summed E-state index contributed by atoms with van der Waals surface area (Å²) in [5.74, 6) is 0. The summed E-state index contributed by atoms with van der Waals surface area (Å²) in [6.07, 6.45) is 7.19. The van der Waals surface area contributed by atoms with Gasteiger partial charge in [-0.3, -0.25) is 0 Å². The van der Waals surface area contributed by atoms with Crippen LogP contribution in [0.2, 0.25) is 0 Å². The van der Waals surface area contributed by atoms with Crippen LogP contribution >= 0.6 is 0 Å². The fraction of sp³-hybridized carbons (Fsp3) is 1.00. The van der Waals surface area contributed by atoms with Gasteiger partial charge >= 0.3 is 0 Å². The minimum atomic E-state index is 0.428. The van der Waals surface area contributed by atoms with Crippen LogP contribution in [0.3, 0.4) is 0 Å². The molecule has 1 unspecified atom stereocenters. The highest BCUT2D eigenvalue weighted by Crippen LogP contribution is 2.05. The van der Waals surface area contributed by atoms with Crippen LogP contribution < -0.4 is 11.5 Å². The molecule has 0 aliphatic carbocycles. The molecular weight excluding hydrogens is 136 g/mol. The Morgan fingerprint density at radius 3 is 2.36 bits per heavy atom. The maximum Gasteiger partial charge on any atom is 0.00387 e. The summed E-state index contributed by atoms with van der Waals surface area (Å²) in [5.41, 5.74) is 11.2. The van der Waals surface area contributed by atoms with Crippen molar-refractivity contribution in [2.45, 2.75) is 51.5 Å². The Bertz CT molecular complexity index is 74.0. The Balaban J connectivity index is 2.97. The Kier molecular flexibility index (Phi) is 7.96. The number of rotatable bonds is 7. The zero-order valence-corrected chi connectivity index (χ0v) is 7.68. The number of hydrogen-bond acceptors (Lipinski definition) is 2.